The molecule has 1 amide bonds. The normalized spacial score (nSPS) is 19.4. The Hall–Kier alpha value is -1.56. The summed E-state index contributed by atoms with van der Waals surface area (Å²) in [5, 5.41) is 3.05. The second-order valence-corrected chi connectivity index (χ2v) is 5.04. The lowest BCUT2D eigenvalue weighted by molar-refractivity contribution is -0.137. The van der Waals surface area contributed by atoms with Crippen LogP contribution < -0.4 is 5.32 Å². The molecule has 0 aliphatic carbocycles. The molecule has 1 aromatic carbocycles. The Kier molecular flexibility index (Phi) is 4.32. The molecule has 1 fully saturated rings. The average Bonchev–Trinajstić information content (AvgIpc) is 2.86. The summed E-state index contributed by atoms with van der Waals surface area (Å²) in [4.78, 5) is 13.8. The molecule has 1 atom stereocenters. The van der Waals surface area contributed by atoms with Crippen LogP contribution in [0.2, 0.25) is 0 Å². The second-order valence-electron chi connectivity index (χ2n) is 5.04. The van der Waals surface area contributed by atoms with Crippen molar-refractivity contribution < 1.29 is 18.0 Å². The van der Waals surface area contributed by atoms with Gasteiger partial charge < -0.3 is 10.2 Å². The van der Waals surface area contributed by atoms with E-state index in [0.29, 0.717) is 19.0 Å². The van der Waals surface area contributed by atoms with E-state index in [-0.39, 0.29) is 11.5 Å². The molecule has 0 bridgehead atoms. The predicted octanol–water partition coefficient (Wildman–Crippen LogP) is 2.39. The number of alkyl halides is 3. The highest BCUT2D eigenvalue weighted by Crippen LogP contribution is 2.30. The standard InChI is InChI=1S/C14H17F3N2O/c1-18-8-10-5-6-19(9-10)13(20)11-3-2-4-12(7-11)14(15,16)17/h2-4,7,10,18H,5-6,8-9H2,1H3. The van der Waals surface area contributed by atoms with Crippen molar-refractivity contribution in [2.24, 2.45) is 5.92 Å². The van der Waals surface area contributed by atoms with Crippen LogP contribution >= 0.6 is 0 Å². The summed E-state index contributed by atoms with van der Waals surface area (Å²) in [5.74, 6) is 0.0458. The Morgan fingerprint density at radius 3 is 2.85 bits per heavy atom. The van der Waals surface area contributed by atoms with Gasteiger partial charge in [-0.25, -0.2) is 0 Å². The van der Waals surface area contributed by atoms with Crippen molar-refractivity contribution in [3.8, 4) is 0 Å². The van der Waals surface area contributed by atoms with Gasteiger partial charge in [0.2, 0.25) is 0 Å². The van der Waals surface area contributed by atoms with E-state index < -0.39 is 11.7 Å². The van der Waals surface area contributed by atoms with Gasteiger partial charge in [-0.3, -0.25) is 4.79 Å². The summed E-state index contributed by atoms with van der Waals surface area (Å²) in [5.41, 5.74) is -0.681. The maximum absolute atomic E-state index is 12.6. The lowest BCUT2D eigenvalue weighted by Gasteiger charge is -2.17. The highest BCUT2D eigenvalue weighted by atomic mass is 19.4. The fourth-order valence-corrected chi connectivity index (χ4v) is 2.48. The second kappa shape index (κ2) is 5.83. The Bertz CT molecular complexity index is 488. The van der Waals surface area contributed by atoms with Crippen LogP contribution in [-0.4, -0.2) is 37.5 Å². The highest BCUT2D eigenvalue weighted by Gasteiger charge is 2.32. The van der Waals surface area contributed by atoms with Gasteiger partial charge in [-0.1, -0.05) is 6.07 Å². The summed E-state index contributed by atoms with van der Waals surface area (Å²) in [6.07, 6.45) is -3.54. The monoisotopic (exact) mass is 286 g/mol. The van der Waals surface area contributed by atoms with Crippen molar-refractivity contribution in [3.63, 3.8) is 0 Å². The number of nitrogens with zero attached hydrogens (tertiary/aromatic N) is 1. The lowest BCUT2D eigenvalue weighted by atomic mass is 10.1. The number of amides is 1. The molecule has 1 saturated heterocycles. The van der Waals surface area contributed by atoms with Crippen molar-refractivity contribution in [2.75, 3.05) is 26.7 Å². The average molecular weight is 286 g/mol. The van der Waals surface area contributed by atoms with Gasteiger partial charge in [0.25, 0.3) is 5.91 Å². The Labute approximate surface area is 115 Å². The smallest absolute Gasteiger partial charge is 0.338 e. The minimum absolute atomic E-state index is 0.102. The summed E-state index contributed by atoms with van der Waals surface area (Å²) >= 11 is 0. The molecule has 0 aromatic heterocycles. The summed E-state index contributed by atoms with van der Waals surface area (Å²) < 4.78 is 37.9. The molecular formula is C14H17F3N2O. The molecule has 3 nitrogen and oxygen atoms in total. The molecule has 110 valence electrons. The quantitative estimate of drug-likeness (QED) is 0.925. The van der Waals surface area contributed by atoms with E-state index in [4.69, 9.17) is 0 Å². The van der Waals surface area contributed by atoms with Gasteiger partial charge in [-0.15, -0.1) is 0 Å². The number of hydrogen-bond acceptors (Lipinski definition) is 2. The molecule has 1 heterocycles. The predicted molar refractivity (Wildman–Crippen MR) is 69.4 cm³/mol. The number of rotatable bonds is 3. The molecule has 0 saturated carbocycles. The molecule has 1 aliphatic rings. The zero-order valence-corrected chi connectivity index (χ0v) is 11.2. The van der Waals surface area contributed by atoms with Gasteiger partial charge in [0.05, 0.1) is 5.56 Å². The van der Waals surface area contributed by atoms with Crippen LogP contribution in [0.3, 0.4) is 0 Å². The number of hydrogen-bond donors (Lipinski definition) is 1. The molecule has 1 aromatic rings. The third-order valence-electron chi connectivity index (χ3n) is 3.50. The molecule has 1 aliphatic heterocycles. The summed E-state index contributed by atoms with van der Waals surface area (Å²) in [6.45, 7) is 2.00. The van der Waals surface area contributed by atoms with Crippen LogP contribution in [0.5, 0.6) is 0 Å². The van der Waals surface area contributed by atoms with E-state index in [0.717, 1.165) is 25.1 Å². The highest BCUT2D eigenvalue weighted by molar-refractivity contribution is 5.94. The number of nitrogens with one attached hydrogen (secondary N) is 1. The Morgan fingerprint density at radius 1 is 1.45 bits per heavy atom. The first kappa shape index (κ1) is 14.8. The maximum atomic E-state index is 12.6. The Balaban J connectivity index is 2.10. The van der Waals surface area contributed by atoms with Crippen LogP contribution in [0, 0.1) is 5.92 Å². The van der Waals surface area contributed by atoms with Crippen molar-refractivity contribution >= 4 is 5.91 Å². The van der Waals surface area contributed by atoms with Crippen LogP contribution in [0.1, 0.15) is 22.3 Å². The molecule has 1 N–H and O–H groups in total. The summed E-state index contributed by atoms with van der Waals surface area (Å²) in [7, 11) is 1.84. The van der Waals surface area contributed by atoms with Gasteiger partial charge >= 0.3 is 6.18 Å². The van der Waals surface area contributed by atoms with Crippen molar-refractivity contribution in [1.82, 2.24) is 10.2 Å². The van der Waals surface area contributed by atoms with Crippen molar-refractivity contribution in [1.29, 1.82) is 0 Å². The lowest BCUT2D eigenvalue weighted by Crippen LogP contribution is -2.30. The van der Waals surface area contributed by atoms with Crippen LogP contribution in [0.25, 0.3) is 0 Å². The van der Waals surface area contributed by atoms with Crippen LogP contribution in [-0.2, 0) is 6.18 Å². The maximum Gasteiger partial charge on any atom is 0.416 e. The number of likely N-dealkylation sites (tertiary alicyclic amines) is 1. The van der Waals surface area contributed by atoms with E-state index in [1.807, 2.05) is 7.05 Å². The molecule has 0 radical (unpaired) electrons. The van der Waals surface area contributed by atoms with Crippen LogP contribution in [0.15, 0.2) is 24.3 Å². The Morgan fingerprint density at radius 2 is 2.20 bits per heavy atom. The molecule has 0 spiro atoms. The number of carbonyl (C=O) groups is 1. The first-order valence-electron chi connectivity index (χ1n) is 6.53. The van der Waals surface area contributed by atoms with E-state index in [9.17, 15) is 18.0 Å². The largest absolute Gasteiger partial charge is 0.416 e. The van der Waals surface area contributed by atoms with Crippen LogP contribution in [0.4, 0.5) is 13.2 Å². The zero-order valence-electron chi connectivity index (χ0n) is 11.2. The van der Waals surface area contributed by atoms with Crippen molar-refractivity contribution in [2.45, 2.75) is 12.6 Å². The zero-order chi connectivity index (χ0) is 14.8. The first-order chi connectivity index (χ1) is 9.41. The molecular weight excluding hydrogens is 269 g/mol. The van der Waals surface area contributed by atoms with Gasteiger partial charge in [-0.05, 0) is 44.1 Å². The number of carbonyl (C=O) groups excluding carboxylic acids is 1. The third kappa shape index (κ3) is 3.30. The van der Waals surface area contributed by atoms with E-state index in [1.165, 1.54) is 12.1 Å². The van der Waals surface area contributed by atoms with Gasteiger partial charge in [-0.2, -0.15) is 13.2 Å². The number of halogens is 3. The van der Waals surface area contributed by atoms with Gasteiger partial charge in [0, 0.05) is 18.7 Å². The fourth-order valence-electron chi connectivity index (χ4n) is 2.48. The minimum atomic E-state index is -4.42. The van der Waals surface area contributed by atoms with Gasteiger partial charge in [0.1, 0.15) is 0 Å². The topological polar surface area (TPSA) is 32.3 Å². The van der Waals surface area contributed by atoms with Gasteiger partial charge in [0.15, 0.2) is 0 Å². The first-order valence-corrected chi connectivity index (χ1v) is 6.53. The molecule has 6 heteroatoms. The summed E-state index contributed by atoms with van der Waals surface area (Å²) in [6, 6.07) is 4.61. The SMILES string of the molecule is CNCC1CCN(C(=O)c2cccc(C(F)(F)F)c2)C1. The van der Waals surface area contributed by atoms with Crippen molar-refractivity contribution in [3.05, 3.63) is 35.4 Å². The molecule has 1 unspecified atom stereocenters. The third-order valence-corrected chi connectivity index (χ3v) is 3.50. The van der Waals surface area contributed by atoms with E-state index in [2.05, 4.69) is 5.32 Å². The molecule has 20 heavy (non-hydrogen) atoms. The minimum Gasteiger partial charge on any atom is -0.338 e. The molecule has 2 rings (SSSR count). The van der Waals surface area contributed by atoms with E-state index in [1.54, 1.807) is 4.90 Å². The number of benzene rings is 1. The van der Waals surface area contributed by atoms with E-state index >= 15 is 0 Å². The fraction of sp³-hybridized carbons (Fsp3) is 0.500.